The fraction of sp³-hybridized carbons (Fsp3) is 0.857. The van der Waals surface area contributed by atoms with Crippen LogP contribution in [0.15, 0.2) is 5.16 Å². The summed E-state index contributed by atoms with van der Waals surface area (Å²) in [7, 11) is 0. The molecule has 1 saturated carbocycles. The maximum absolute atomic E-state index is 12.4. The fourth-order valence-corrected chi connectivity index (χ4v) is 4.31. The predicted octanol–water partition coefficient (Wildman–Crippen LogP) is 2.23. The molecule has 0 aromatic heterocycles. The van der Waals surface area contributed by atoms with Crippen molar-refractivity contribution in [3.63, 3.8) is 0 Å². The van der Waals surface area contributed by atoms with Crippen molar-refractivity contribution in [1.29, 1.82) is 0 Å². The van der Waals surface area contributed by atoms with Crippen LogP contribution < -0.4 is 11.1 Å². The molecule has 0 aromatic rings. The molecule has 20 heavy (non-hydrogen) atoms. The van der Waals surface area contributed by atoms with Gasteiger partial charge in [0.25, 0.3) is 0 Å². The molecule has 1 amide bonds. The summed E-state index contributed by atoms with van der Waals surface area (Å²) < 4.78 is 0. The Hall–Kier alpha value is -0.910. The van der Waals surface area contributed by atoms with E-state index in [-0.39, 0.29) is 17.0 Å². The summed E-state index contributed by atoms with van der Waals surface area (Å²) in [4.78, 5) is 12.4. The Labute approximate surface area is 124 Å². The number of amidine groups is 1. The molecule has 1 saturated heterocycles. The SMILES string of the molecule is NC(=NO)C1(NC(=O)C2CCCS2)CCCCCCC1. The smallest absolute Gasteiger partial charge is 0.233 e. The molecule has 6 heteroatoms. The highest BCUT2D eigenvalue weighted by molar-refractivity contribution is 8.00. The van der Waals surface area contributed by atoms with E-state index in [1.54, 1.807) is 11.8 Å². The number of nitrogens with one attached hydrogen (secondary N) is 1. The van der Waals surface area contributed by atoms with Gasteiger partial charge in [-0.2, -0.15) is 0 Å². The maximum atomic E-state index is 12.4. The first-order valence-electron chi connectivity index (χ1n) is 7.59. The molecule has 0 bridgehead atoms. The molecule has 5 nitrogen and oxygen atoms in total. The van der Waals surface area contributed by atoms with Crippen molar-refractivity contribution in [2.45, 2.75) is 68.6 Å². The number of carbonyl (C=O) groups excluding carboxylic acids is 1. The van der Waals surface area contributed by atoms with Crippen molar-refractivity contribution in [3.8, 4) is 0 Å². The van der Waals surface area contributed by atoms with E-state index in [1.807, 2.05) is 0 Å². The zero-order chi connectivity index (χ0) is 14.4. The number of hydrogen-bond acceptors (Lipinski definition) is 4. The van der Waals surface area contributed by atoms with E-state index in [2.05, 4.69) is 10.5 Å². The fourth-order valence-electron chi connectivity index (χ4n) is 3.15. The van der Waals surface area contributed by atoms with Gasteiger partial charge in [0.15, 0.2) is 5.84 Å². The first kappa shape index (κ1) is 15.5. The Morgan fingerprint density at radius 3 is 2.40 bits per heavy atom. The zero-order valence-corrected chi connectivity index (χ0v) is 12.8. The second-order valence-corrected chi connectivity index (χ2v) is 7.14. The molecular weight excluding hydrogens is 274 g/mol. The highest BCUT2D eigenvalue weighted by Crippen LogP contribution is 2.30. The summed E-state index contributed by atoms with van der Waals surface area (Å²) in [6.07, 6.45) is 9.12. The second kappa shape index (κ2) is 7.20. The summed E-state index contributed by atoms with van der Waals surface area (Å²) in [6.45, 7) is 0. The van der Waals surface area contributed by atoms with E-state index in [0.29, 0.717) is 0 Å². The van der Waals surface area contributed by atoms with Gasteiger partial charge in [-0.3, -0.25) is 4.79 Å². The van der Waals surface area contributed by atoms with Gasteiger partial charge in [0, 0.05) is 0 Å². The maximum Gasteiger partial charge on any atom is 0.233 e. The van der Waals surface area contributed by atoms with Crippen molar-refractivity contribution in [3.05, 3.63) is 0 Å². The monoisotopic (exact) mass is 299 g/mol. The third kappa shape index (κ3) is 3.59. The van der Waals surface area contributed by atoms with Crippen LogP contribution in [0.4, 0.5) is 0 Å². The lowest BCUT2D eigenvalue weighted by Gasteiger charge is -2.35. The van der Waals surface area contributed by atoms with E-state index >= 15 is 0 Å². The molecule has 2 aliphatic rings. The number of hydrogen-bond donors (Lipinski definition) is 3. The molecule has 0 spiro atoms. The van der Waals surface area contributed by atoms with Gasteiger partial charge < -0.3 is 16.3 Å². The minimum Gasteiger partial charge on any atom is -0.409 e. The molecule has 4 N–H and O–H groups in total. The van der Waals surface area contributed by atoms with Crippen LogP contribution in [-0.2, 0) is 4.79 Å². The molecule has 0 aromatic carbocycles. The van der Waals surface area contributed by atoms with Crippen LogP contribution in [0, 0.1) is 0 Å². The van der Waals surface area contributed by atoms with Crippen LogP contribution >= 0.6 is 11.8 Å². The van der Waals surface area contributed by atoms with Gasteiger partial charge in [0.05, 0.1) is 5.25 Å². The van der Waals surface area contributed by atoms with Crippen molar-refractivity contribution in [2.75, 3.05) is 5.75 Å². The Morgan fingerprint density at radius 2 is 1.85 bits per heavy atom. The highest BCUT2D eigenvalue weighted by Gasteiger charge is 2.38. The van der Waals surface area contributed by atoms with Crippen molar-refractivity contribution < 1.29 is 10.0 Å². The second-order valence-electron chi connectivity index (χ2n) is 5.83. The van der Waals surface area contributed by atoms with Crippen LogP contribution in [0.1, 0.15) is 57.8 Å². The molecule has 2 rings (SSSR count). The molecular formula is C14H25N3O2S. The lowest BCUT2D eigenvalue weighted by molar-refractivity contribution is -0.122. The van der Waals surface area contributed by atoms with E-state index < -0.39 is 5.54 Å². The molecule has 2 fully saturated rings. The van der Waals surface area contributed by atoms with Crippen molar-refractivity contribution in [1.82, 2.24) is 5.32 Å². The number of nitrogens with zero attached hydrogens (tertiary/aromatic N) is 1. The summed E-state index contributed by atoms with van der Waals surface area (Å²) in [5, 5.41) is 15.5. The average molecular weight is 299 g/mol. The molecule has 1 heterocycles. The van der Waals surface area contributed by atoms with Crippen LogP contribution in [0.25, 0.3) is 0 Å². The Kier molecular flexibility index (Phi) is 5.57. The number of nitrogens with two attached hydrogens (primary N) is 1. The lowest BCUT2D eigenvalue weighted by atomic mass is 9.82. The standard InChI is InChI=1S/C14H25N3O2S/c15-13(17-19)14(8-4-2-1-3-5-9-14)16-12(18)11-7-6-10-20-11/h11,19H,1-10H2,(H2,15,17)(H,16,18). The summed E-state index contributed by atoms with van der Waals surface area (Å²) in [5.41, 5.74) is 5.29. The van der Waals surface area contributed by atoms with Crippen LogP contribution in [0.5, 0.6) is 0 Å². The van der Waals surface area contributed by atoms with Gasteiger partial charge in [-0.15, -0.1) is 11.8 Å². The van der Waals surface area contributed by atoms with Crippen molar-refractivity contribution >= 4 is 23.5 Å². The average Bonchev–Trinajstić information content (AvgIpc) is 2.95. The third-order valence-corrected chi connectivity index (χ3v) is 5.77. The zero-order valence-electron chi connectivity index (χ0n) is 11.9. The van der Waals surface area contributed by atoms with Crippen LogP contribution in [0.2, 0.25) is 0 Å². The molecule has 0 radical (unpaired) electrons. The van der Waals surface area contributed by atoms with Gasteiger partial charge in [-0.05, 0) is 31.4 Å². The number of rotatable bonds is 3. The van der Waals surface area contributed by atoms with E-state index in [9.17, 15) is 4.79 Å². The van der Waals surface area contributed by atoms with Gasteiger partial charge in [0.2, 0.25) is 5.91 Å². The van der Waals surface area contributed by atoms with Gasteiger partial charge >= 0.3 is 0 Å². The number of thioether (sulfide) groups is 1. The Bertz CT molecular complexity index is 359. The normalized spacial score (nSPS) is 27.6. The summed E-state index contributed by atoms with van der Waals surface area (Å²) >= 11 is 1.71. The highest BCUT2D eigenvalue weighted by atomic mass is 32.2. The van der Waals surface area contributed by atoms with E-state index in [4.69, 9.17) is 10.9 Å². The summed E-state index contributed by atoms with van der Waals surface area (Å²) in [5.74, 6) is 1.27. The topological polar surface area (TPSA) is 87.7 Å². The quantitative estimate of drug-likeness (QED) is 0.323. The van der Waals surface area contributed by atoms with Gasteiger partial charge in [0.1, 0.15) is 5.54 Å². The van der Waals surface area contributed by atoms with Gasteiger partial charge in [-0.1, -0.05) is 37.3 Å². The molecule has 1 atom stereocenters. The predicted molar refractivity (Wildman–Crippen MR) is 82.1 cm³/mol. The Morgan fingerprint density at radius 1 is 1.20 bits per heavy atom. The lowest BCUT2D eigenvalue weighted by Crippen LogP contribution is -2.59. The van der Waals surface area contributed by atoms with Crippen LogP contribution in [0.3, 0.4) is 0 Å². The van der Waals surface area contributed by atoms with E-state index in [1.165, 1.54) is 6.42 Å². The minimum absolute atomic E-state index is 0.0313. The van der Waals surface area contributed by atoms with Gasteiger partial charge in [-0.25, -0.2) is 0 Å². The number of carbonyl (C=O) groups is 1. The minimum atomic E-state index is -0.643. The summed E-state index contributed by atoms with van der Waals surface area (Å²) in [6, 6.07) is 0. The molecule has 1 aliphatic carbocycles. The third-order valence-electron chi connectivity index (χ3n) is 4.39. The van der Waals surface area contributed by atoms with Crippen molar-refractivity contribution in [2.24, 2.45) is 10.9 Å². The number of amides is 1. The molecule has 114 valence electrons. The number of oxime groups is 1. The van der Waals surface area contributed by atoms with Crippen LogP contribution in [-0.4, -0.2) is 33.5 Å². The Balaban J connectivity index is 2.10. The first-order valence-corrected chi connectivity index (χ1v) is 8.64. The first-order chi connectivity index (χ1) is 9.68. The largest absolute Gasteiger partial charge is 0.409 e. The molecule has 1 unspecified atom stereocenters. The van der Waals surface area contributed by atoms with E-state index in [0.717, 1.165) is 57.1 Å². The molecule has 1 aliphatic heterocycles.